The van der Waals surface area contributed by atoms with E-state index in [4.69, 9.17) is 0 Å². The van der Waals surface area contributed by atoms with Crippen LogP contribution in [-0.2, 0) is 0 Å². The van der Waals surface area contributed by atoms with Crippen LogP contribution in [-0.4, -0.2) is 28.9 Å². The second-order valence-electron chi connectivity index (χ2n) is 3.03. The van der Waals surface area contributed by atoms with E-state index in [1.807, 2.05) is 0 Å². The van der Waals surface area contributed by atoms with Crippen molar-refractivity contribution in [2.45, 2.75) is 6.10 Å². The predicted octanol–water partition coefficient (Wildman–Crippen LogP) is 1.25. The first kappa shape index (κ1) is 12.2. The zero-order valence-corrected chi connectivity index (χ0v) is 9.55. The van der Waals surface area contributed by atoms with E-state index in [0.717, 1.165) is 6.07 Å². The molecule has 0 spiro atoms. The fourth-order valence-corrected chi connectivity index (χ4v) is 1.79. The van der Waals surface area contributed by atoms with E-state index < -0.39 is 23.4 Å². The van der Waals surface area contributed by atoms with Gasteiger partial charge in [0.1, 0.15) is 5.82 Å². The van der Waals surface area contributed by atoms with Gasteiger partial charge in [-0.15, -0.1) is 0 Å². The number of halogens is 2. The normalized spacial score (nSPS) is 12.8. The van der Waals surface area contributed by atoms with Crippen molar-refractivity contribution in [1.82, 2.24) is 5.32 Å². The minimum Gasteiger partial charge on any atom is -0.504 e. The van der Waals surface area contributed by atoms with Gasteiger partial charge in [-0.2, -0.15) is 0 Å². The molecule has 0 heterocycles. The monoisotopic (exact) mass is 279 g/mol. The lowest BCUT2D eigenvalue weighted by Gasteiger charge is -2.15. The first-order valence-corrected chi connectivity index (χ1v) is 5.00. The molecule has 0 aliphatic rings. The molecule has 0 aliphatic heterocycles. The SMILES string of the molecule is CNCC(O)c1c(O)c(O)cc(F)c1Br. The van der Waals surface area contributed by atoms with E-state index in [2.05, 4.69) is 21.2 Å². The summed E-state index contributed by atoms with van der Waals surface area (Å²) >= 11 is 2.90. The zero-order valence-electron chi connectivity index (χ0n) is 7.96. The number of hydrogen-bond donors (Lipinski definition) is 4. The molecule has 1 unspecified atom stereocenters. The molecule has 4 nitrogen and oxygen atoms in total. The highest BCUT2D eigenvalue weighted by Gasteiger charge is 2.21. The average molecular weight is 280 g/mol. The topological polar surface area (TPSA) is 72.7 Å². The van der Waals surface area contributed by atoms with Gasteiger partial charge in [0.2, 0.25) is 0 Å². The van der Waals surface area contributed by atoms with Gasteiger partial charge in [0, 0.05) is 18.2 Å². The van der Waals surface area contributed by atoms with Gasteiger partial charge < -0.3 is 20.6 Å². The van der Waals surface area contributed by atoms with Gasteiger partial charge in [-0.1, -0.05) is 0 Å². The van der Waals surface area contributed by atoms with Crippen molar-refractivity contribution in [2.24, 2.45) is 0 Å². The summed E-state index contributed by atoms with van der Waals surface area (Å²) in [7, 11) is 1.60. The lowest BCUT2D eigenvalue weighted by atomic mass is 10.1. The molecule has 0 saturated heterocycles. The molecule has 0 aromatic heterocycles. The summed E-state index contributed by atoms with van der Waals surface area (Å²) in [6.07, 6.45) is -1.11. The molecular formula is C9H11BrFNO3. The molecule has 6 heteroatoms. The molecule has 4 N–H and O–H groups in total. The van der Waals surface area contributed by atoms with Crippen LogP contribution in [0.2, 0.25) is 0 Å². The van der Waals surface area contributed by atoms with Gasteiger partial charge in [0.25, 0.3) is 0 Å². The minimum absolute atomic E-state index is 0.0550. The van der Waals surface area contributed by atoms with E-state index in [9.17, 15) is 19.7 Å². The number of nitrogens with one attached hydrogen (secondary N) is 1. The fraction of sp³-hybridized carbons (Fsp3) is 0.333. The van der Waals surface area contributed by atoms with Crippen molar-refractivity contribution in [1.29, 1.82) is 0 Å². The minimum atomic E-state index is -1.11. The summed E-state index contributed by atoms with van der Waals surface area (Å²) in [5, 5.41) is 30.9. The Morgan fingerprint density at radius 1 is 1.53 bits per heavy atom. The standard InChI is InChI=1S/C9H11BrFNO3/c1-12-3-6(14)7-8(10)4(11)2-5(13)9(7)15/h2,6,12-15H,3H2,1H3. The Balaban J connectivity index is 3.26. The lowest BCUT2D eigenvalue weighted by molar-refractivity contribution is 0.171. The van der Waals surface area contributed by atoms with Gasteiger partial charge in [-0.05, 0) is 23.0 Å². The number of aromatic hydroxyl groups is 2. The number of phenolic OH excluding ortho intramolecular Hbond substituents is 2. The Morgan fingerprint density at radius 2 is 2.13 bits per heavy atom. The number of benzene rings is 1. The molecule has 84 valence electrons. The van der Waals surface area contributed by atoms with Crippen LogP contribution in [0.4, 0.5) is 4.39 Å². The van der Waals surface area contributed by atoms with Crippen molar-refractivity contribution in [2.75, 3.05) is 13.6 Å². The summed E-state index contributed by atoms with van der Waals surface area (Å²) in [5.74, 6) is -1.86. The Hall–Kier alpha value is -0.850. The number of hydrogen-bond acceptors (Lipinski definition) is 4. The molecular weight excluding hydrogens is 269 g/mol. The Bertz CT molecular complexity index is 347. The molecule has 1 aromatic rings. The maximum Gasteiger partial charge on any atom is 0.164 e. The first-order chi connectivity index (χ1) is 6.99. The molecule has 0 amide bonds. The van der Waals surface area contributed by atoms with E-state index >= 15 is 0 Å². The molecule has 1 atom stereocenters. The molecule has 0 radical (unpaired) electrons. The van der Waals surface area contributed by atoms with Crippen LogP contribution in [0.5, 0.6) is 11.5 Å². The molecule has 0 fully saturated rings. The zero-order chi connectivity index (χ0) is 11.6. The summed E-state index contributed by atoms with van der Waals surface area (Å²) in [6, 6.07) is 0.773. The van der Waals surface area contributed by atoms with Gasteiger partial charge in [0.05, 0.1) is 10.6 Å². The fourth-order valence-electron chi connectivity index (χ4n) is 1.22. The molecule has 0 bridgehead atoms. The molecule has 15 heavy (non-hydrogen) atoms. The smallest absolute Gasteiger partial charge is 0.164 e. The number of rotatable bonds is 3. The van der Waals surface area contributed by atoms with Crippen LogP contribution in [0.3, 0.4) is 0 Å². The van der Waals surface area contributed by atoms with Crippen molar-refractivity contribution in [3.05, 3.63) is 21.9 Å². The highest BCUT2D eigenvalue weighted by molar-refractivity contribution is 9.10. The molecule has 0 saturated carbocycles. The molecule has 0 aliphatic carbocycles. The van der Waals surface area contributed by atoms with E-state index in [1.165, 1.54) is 0 Å². The van der Waals surface area contributed by atoms with Gasteiger partial charge in [-0.3, -0.25) is 0 Å². The van der Waals surface area contributed by atoms with Crippen molar-refractivity contribution in [3.63, 3.8) is 0 Å². The van der Waals surface area contributed by atoms with E-state index in [0.29, 0.717) is 0 Å². The summed E-state index contributed by atoms with van der Waals surface area (Å²) in [4.78, 5) is 0. The van der Waals surface area contributed by atoms with Crippen molar-refractivity contribution >= 4 is 15.9 Å². The first-order valence-electron chi connectivity index (χ1n) is 4.21. The van der Waals surface area contributed by atoms with Gasteiger partial charge in [0.15, 0.2) is 11.5 Å². The number of aliphatic hydroxyl groups is 1. The second-order valence-corrected chi connectivity index (χ2v) is 3.82. The van der Waals surface area contributed by atoms with Crippen LogP contribution in [0.1, 0.15) is 11.7 Å². The second kappa shape index (κ2) is 4.78. The van der Waals surface area contributed by atoms with Crippen LogP contribution in [0, 0.1) is 5.82 Å². The Kier molecular flexibility index (Phi) is 3.90. The Morgan fingerprint density at radius 3 is 2.67 bits per heavy atom. The van der Waals surface area contributed by atoms with Crippen LogP contribution >= 0.6 is 15.9 Å². The lowest BCUT2D eigenvalue weighted by Crippen LogP contribution is -2.17. The van der Waals surface area contributed by atoms with Crippen LogP contribution < -0.4 is 5.32 Å². The van der Waals surface area contributed by atoms with Gasteiger partial charge in [-0.25, -0.2) is 4.39 Å². The van der Waals surface area contributed by atoms with Crippen molar-refractivity contribution in [3.8, 4) is 11.5 Å². The maximum atomic E-state index is 13.2. The molecule has 1 aromatic carbocycles. The summed E-state index contributed by atoms with van der Waals surface area (Å²) < 4.78 is 13.1. The third-order valence-electron chi connectivity index (χ3n) is 1.94. The number of phenols is 2. The van der Waals surface area contributed by atoms with Crippen LogP contribution in [0.15, 0.2) is 10.5 Å². The highest BCUT2D eigenvalue weighted by Crippen LogP contribution is 2.39. The summed E-state index contributed by atoms with van der Waals surface area (Å²) in [6.45, 7) is 0.134. The van der Waals surface area contributed by atoms with Gasteiger partial charge >= 0.3 is 0 Å². The van der Waals surface area contributed by atoms with E-state index in [-0.39, 0.29) is 16.6 Å². The number of likely N-dealkylation sites (N-methyl/N-ethyl adjacent to an activating group) is 1. The van der Waals surface area contributed by atoms with Crippen LogP contribution in [0.25, 0.3) is 0 Å². The quantitative estimate of drug-likeness (QED) is 0.629. The third kappa shape index (κ3) is 2.39. The molecule has 1 rings (SSSR count). The number of aliphatic hydroxyl groups excluding tert-OH is 1. The maximum absolute atomic E-state index is 13.2. The third-order valence-corrected chi connectivity index (χ3v) is 2.74. The van der Waals surface area contributed by atoms with E-state index in [1.54, 1.807) is 7.05 Å². The predicted molar refractivity (Wildman–Crippen MR) is 56.3 cm³/mol. The summed E-state index contributed by atoms with van der Waals surface area (Å²) in [5.41, 5.74) is -0.0677. The largest absolute Gasteiger partial charge is 0.504 e. The Labute approximate surface area is 94.5 Å². The van der Waals surface area contributed by atoms with Crippen molar-refractivity contribution < 1.29 is 19.7 Å². The average Bonchev–Trinajstić information content (AvgIpc) is 2.16. The highest BCUT2D eigenvalue weighted by atomic mass is 79.9.